The number of nitrogens with two attached hydrogens (primary N) is 1. The lowest BCUT2D eigenvalue weighted by Crippen LogP contribution is -2.30. The highest BCUT2D eigenvalue weighted by atomic mass is 19.3. The van der Waals surface area contributed by atoms with Crippen LogP contribution in [0, 0.1) is 0 Å². The summed E-state index contributed by atoms with van der Waals surface area (Å²) in [4.78, 5) is 26.0. The van der Waals surface area contributed by atoms with Crippen molar-refractivity contribution in [1.82, 2.24) is 19.4 Å². The number of allylic oxidation sites excluding steroid dienone is 2. The summed E-state index contributed by atoms with van der Waals surface area (Å²) in [5, 5.41) is 0. The van der Waals surface area contributed by atoms with Gasteiger partial charge in [0.05, 0.1) is 0 Å². The van der Waals surface area contributed by atoms with Crippen LogP contribution in [0.2, 0.25) is 0 Å². The molecule has 0 aromatic carbocycles. The third kappa shape index (κ3) is 4.99. The second-order valence-electron chi connectivity index (χ2n) is 7.55. The van der Waals surface area contributed by atoms with Crippen molar-refractivity contribution in [1.29, 1.82) is 0 Å². The summed E-state index contributed by atoms with van der Waals surface area (Å²) in [6.07, 6.45) is 6.94. The van der Waals surface area contributed by atoms with Crippen molar-refractivity contribution < 1.29 is 8.78 Å². The Kier molecular flexibility index (Phi) is 6.97. The Morgan fingerprint density at radius 3 is 2.78 bits per heavy atom. The Balaban J connectivity index is 1.85. The molecule has 2 aromatic rings. The maximum atomic E-state index is 12.7. The van der Waals surface area contributed by atoms with Gasteiger partial charge in [-0.25, -0.2) is 9.98 Å². The van der Waals surface area contributed by atoms with Crippen molar-refractivity contribution in [3.8, 4) is 0 Å². The summed E-state index contributed by atoms with van der Waals surface area (Å²) >= 11 is 0. The number of halogens is 2. The van der Waals surface area contributed by atoms with E-state index in [0.717, 1.165) is 35.5 Å². The molecule has 168 valence electrons. The zero-order valence-corrected chi connectivity index (χ0v) is 18.3. The number of aliphatic imine (C=N–C) groups is 1. The lowest BCUT2D eigenvalue weighted by Gasteiger charge is -2.32. The van der Waals surface area contributed by atoms with Crippen LogP contribution < -0.4 is 11.3 Å². The molecule has 2 N–H and O–H groups in total. The number of rotatable bonds is 6. The van der Waals surface area contributed by atoms with E-state index in [1.807, 2.05) is 19.1 Å². The van der Waals surface area contributed by atoms with Crippen LogP contribution in [0.25, 0.3) is 11.6 Å². The standard InChI is InChI=1S/C23H26F2N6O/c1-14(9-21-27-7-5-22(32)30(21)4)16(3)31-8-6-20-18(13-31)10-17(12-28-20)19(11-26)15(2)29-23(24)25/h5,7,9-12,23H,3,6,8,13,26H2,1-2,4H3/b14-9-,19-11+,29-15+. The van der Waals surface area contributed by atoms with Crippen LogP contribution in [-0.2, 0) is 20.0 Å². The zero-order chi connectivity index (χ0) is 23.4. The average molecular weight is 440 g/mol. The van der Waals surface area contributed by atoms with Crippen molar-refractivity contribution in [2.75, 3.05) is 6.54 Å². The van der Waals surface area contributed by atoms with Crippen molar-refractivity contribution in [2.45, 2.75) is 33.4 Å². The van der Waals surface area contributed by atoms with Gasteiger partial charge in [-0.3, -0.25) is 14.3 Å². The predicted octanol–water partition coefficient (Wildman–Crippen LogP) is 3.13. The van der Waals surface area contributed by atoms with E-state index in [0.29, 0.717) is 23.5 Å². The van der Waals surface area contributed by atoms with Crippen LogP contribution in [0.3, 0.4) is 0 Å². The monoisotopic (exact) mass is 440 g/mol. The molecule has 9 heteroatoms. The van der Waals surface area contributed by atoms with Crippen LogP contribution in [0.5, 0.6) is 0 Å². The Hall–Kier alpha value is -3.62. The van der Waals surface area contributed by atoms with E-state index in [2.05, 4.69) is 26.4 Å². The Morgan fingerprint density at radius 2 is 2.09 bits per heavy atom. The minimum atomic E-state index is -2.80. The number of hydrogen-bond acceptors (Lipinski definition) is 6. The first kappa shape index (κ1) is 23.1. The number of fused-ring (bicyclic) bond motifs is 1. The molecular weight excluding hydrogens is 414 g/mol. The SMILES string of the molecule is C=C(/C(C)=C\c1nccc(=O)n1C)N1CCc2ncc(C(=C/N)/C(C)=N/C(F)F)cc2C1. The number of hydrogen-bond donors (Lipinski definition) is 1. The van der Waals surface area contributed by atoms with Gasteiger partial charge in [0.15, 0.2) is 0 Å². The van der Waals surface area contributed by atoms with Crippen LogP contribution in [0.15, 0.2) is 58.4 Å². The third-order valence-corrected chi connectivity index (χ3v) is 5.48. The van der Waals surface area contributed by atoms with Crippen molar-refractivity contribution in [2.24, 2.45) is 17.8 Å². The van der Waals surface area contributed by atoms with E-state index in [4.69, 9.17) is 5.73 Å². The summed E-state index contributed by atoms with van der Waals surface area (Å²) in [6, 6.07) is 3.32. The topological polar surface area (TPSA) is 89.4 Å². The third-order valence-electron chi connectivity index (χ3n) is 5.48. The molecule has 3 rings (SSSR count). The first-order valence-electron chi connectivity index (χ1n) is 10.1. The predicted molar refractivity (Wildman–Crippen MR) is 122 cm³/mol. The zero-order valence-electron chi connectivity index (χ0n) is 18.3. The van der Waals surface area contributed by atoms with Gasteiger partial charge < -0.3 is 10.6 Å². The van der Waals surface area contributed by atoms with Crippen molar-refractivity contribution in [3.05, 3.63) is 81.6 Å². The maximum Gasteiger partial charge on any atom is 0.332 e. The molecular formula is C23H26F2N6O. The van der Waals surface area contributed by atoms with Gasteiger partial charge in [-0.05, 0) is 37.1 Å². The highest BCUT2D eigenvalue weighted by Gasteiger charge is 2.21. The van der Waals surface area contributed by atoms with E-state index < -0.39 is 6.55 Å². The first-order chi connectivity index (χ1) is 15.2. The molecule has 3 heterocycles. The van der Waals surface area contributed by atoms with Gasteiger partial charge >= 0.3 is 6.55 Å². The van der Waals surface area contributed by atoms with Gasteiger partial charge in [0.25, 0.3) is 5.56 Å². The quantitative estimate of drug-likeness (QED) is 0.424. The van der Waals surface area contributed by atoms with Gasteiger partial charge in [0, 0.05) is 79.5 Å². The molecule has 0 saturated carbocycles. The van der Waals surface area contributed by atoms with E-state index in [1.54, 1.807) is 13.2 Å². The fraction of sp³-hybridized carbons (Fsp3) is 0.304. The molecule has 0 radical (unpaired) electrons. The van der Waals surface area contributed by atoms with Crippen LogP contribution >= 0.6 is 0 Å². The van der Waals surface area contributed by atoms with Gasteiger partial charge in [0.2, 0.25) is 0 Å². The Labute approximate surface area is 185 Å². The molecule has 0 aliphatic carbocycles. The summed E-state index contributed by atoms with van der Waals surface area (Å²) in [5.74, 6) is 0.545. The van der Waals surface area contributed by atoms with Gasteiger partial charge in [0.1, 0.15) is 5.82 Å². The van der Waals surface area contributed by atoms with Crippen LogP contribution in [0.4, 0.5) is 8.78 Å². The lowest BCUT2D eigenvalue weighted by molar-refractivity contribution is 0.160. The smallest absolute Gasteiger partial charge is 0.332 e. The molecule has 0 fully saturated rings. The van der Waals surface area contributed by atoms with Crippen LogP contribution in [0.1, 0.15) is 36.5 Å². The van der Waals surface area contributed by atoms with Crippen molar-refractivity contribution in [3.63, 3.8) is 0 Å². The number of alkyl halides is 2. The number of aromatic nitrogens is 3. The molecule has 0 spiro atoms. The normalized spacial score (nSPS) is 15.2. The molecule has 7 nitrogen and oxygen atoms in total. The molecule has 1 aliphatic heterocycles. The maximum absolute atomic E-state index is 12.7. The second-order valence-corrected chi connectivity index (χ2v) is 7.55. The molecule has 0 unspecified atom stereocenters. The van der Waals surface area contributed by atoms with Crippen LogP contribution in [-0.4, -0.2) is 38.2 Å². The molecule has 0 saturated heterocycles. The number of nitrogens with zero attached hydrogens (tertiary/aromatic N) is 5. The fourth-order valence-electron chi connectivity index (χ4n) is 3.59. The minimum Gasteiger partial charge on any atom is -0.404 e. The summed E-state index contributed by atoms with van der Waals surface area (Å²) < 4.78 is 26.8. The van der Waals surface area contributed by atoms with E-state index in [-0.39, 0.29) is 11.3 Å². The summed E-state index contributed by atoms with van der Waals surface area (Å²) in [7, 11) is 1.67. The Bertz CT molecular complexity index is 1180. The molecule has 0 atom stereocenters. The van der Waals surface area contributed by atoms with E-state index in [1.165, 1.54) is 30.0 Å². The fourth-order valence-corrected chi connectivity index (χ4v) is 3.59. The summed E-state index contributed by atoms with van der Waals surface area (Å²) in [5.41, 5.74) is 10.4. The highest BCUT2D eigenvalue weighted by Crippen LogP contribution is 2.26. The van der Waals surface area contributed by atoms with Gasteiger partial charge in [-0.2, -0.15) is 8.78 Å². The van der Waals surface area contributed by atoms with E-state index >= 15 is 0 Å². The number of pyridine rings is 1. The summed E-state index contributed by atoms with van der Waals surface area (Å²) in [6.45, 7) is 6.13. The Morgan fingerprint density at radius 1 is 1.34 bits per heavy atom. The molecule has 1 aliphatic rings. The van der Waals surface area contributed by atoms with Gasteiger partial charge in [-0.15, -0.1) is 0 Å². The first-order valence-corrected chi connectivity index (χ1v) is 10.1. The lowest BCUT2D eigenvalue weighted by atomic mass is 9.98. The minimum absolute atomic E-state index is 0.135. The van der Waals surface area contributed by atoms with Gasteiger partial charge in [-0.1, -0.05) is 6.58 Å². The molecule has 2 aromatic heterocycles. The second kappa shape index (κ2) is 9.67. The van der Waals surface area contributed by atoms with Crippen molar-refractivity contribution >= 4 is 17.4 Å². The molecule has 0 bridgehead atoms. The molecule has 32 heavy (non-hydrogen) atoms. The largest absolute Gasteiger partial charge is 0.404 e. The van der Waals surface area contributed by atoms with E-state index in [9.17, 15) is 13.6 Å². The average Bonchev–Trinajstić information content (AvgIpc) is 2.75. The molecule has 0 amide bonds. The highest BCUT2D eigenvalue weighted by molar-refractivity contribution is 6.22.